The third-order valence-electron chi connectivity index (χ3n) is 2.23. The number of amides is 1. The molecular formula is C11H12FNO4. The molecule has 17 heavy (non-hydrogen) atoms. The fourth-order valence-corrected chi connectivity index (χ4v) is 1.26. The highest BCUT2D eigenvalue weighted by Crippen LogP contribution is 2.10. The van der Waals surface area contributed by atoms with E-state index in [4.69, 9.17) is 10.2 Å². The second kappa shape index (κ2) is 5.40. The second-order valence-corrected chi connectivity index (χ2v) is 3.51. The number of nitrogens with one attached hydrogen (secondary N) is 1. The molecule has 0 saturated carbocycles. The number of aliphatic hydroxyl groups is 1. The first kappa shape index (κ1) is 13.1. The maximum Gasteiger partial charge on any atom is 0.328 e. The van der Waals surface area contributed by atoms with Gasteiger partial charge in [0.1, 0.15) is 5.82 Å². The predicted molar refractivity (Wildman–Crippen MR) is 57.1 cm³/mol. The van der Waals surface area contributed by atoms with Crippen molar-refractivity contribution in [3.05, 3.63) is 35.1 Å². The van der Waals surface area contributed by atoms with Gasteiger partial charge in [0.25, 0.3) is 5.91 Å². The molecule has 0 aromatic heterocycles. The van der Waals surface area contributed by atoms with Crippen LogP contribution in [0.25, 0.3) is 0 Å². The standard InChI is InChI=1S/C11H12FNO4/c1-6-2-3-7(12)4-8(6)10(15)13-9(5-14)11(16)17/h2-4,9,14H,5H2,1H3,(H,13,15)(H,16,17)/t9-/m0/s1. The number of carbonyl (C=O) groups is 2. The molecule has 0 radical (unpaired) electrons. The van der Waals surface area contributed by atoms with Gasteiger partial charge in [0.15, 0.2) is 6.04 Å². The van der Waals surface area contributed by atoms with Gasteiger partial charge in [-0.15, -0.1) is 0 Å². The Kier molecular flexibility index (Phi) is 4.17. The topological polar surface area (TPSA) is 86.6 Å². The minimum absolute atomic E-state index is 0.0460. The lowest BCUT2D eigenvalue weighted by Crippen LogP contribution is -2.43. The van der Waals surface area contributed by atoms with Crippen LogP contribution < -0.4 is 5.32 Å². The van der Waals surface area contributed by atoms with E-state index < -0.39 is 30.3 Å². The number of aryl methyl sites for hydroxylation is 1. The second-order valence-electron chi connectivity index (χ2n) is 3.51. The molecule has 3 N–H and O–H groups in total. The molecule has 6 heteroatoms. The number of hydrogen-bond donors (Lipinski definition) is 3. The SMILES string of the molecule is Cc1ccc(F)cc1C(=O)N[C@@H](CO)C(=O)O. The predicted octanol–water partition coefficient (Wildman–Crippen LogP) is 0.309. The summed E-state index contributed by atoms with van der Waals surface area (Å²) >= 11 is 0. The van der Waals surface area contributed by atoms with Crippen LogP contribution in [0.5, 0.6) is 0 Å². The van der Waals surface area contributed by atoms with Gasteiger partial charge in [-0.1, -0.05) is 6.07 Å². The minimum atomic E-state index is -1.40. The van der Waals surface area contributed by atoms with E-state index in [9.17, 15) is 14.0 Å². The fraction of sp³-hybridized carbons (Fsp3) is 0.273. The van der Waals surface area contributed by atoms with E-state index in [1.807, 2.05) is 0 Å². The number of benzene rings is 1. The van der Waals surface area contributed by atoms with E-state index >= 15 is 0 Å². The number of hydrogen-bond acceptors (Lipinski definition) is 3. The molecule has 1 rings (SSSR count). The number of carboxylic acids is 1. The van der Waals surface area contributed by atoms with Crippen molar-refractivity contribution in [2.45, 2.75) is 13.0 Å². The lowest BCUT2D eigenvalue weighted by Gasteiger charge is -2.12. The molecule has 1 aromatic carbocycles. The van der Waals surface area contributed by atoms with Crippen molar-refractivity contribution in [2.75, 3.05) is 6.61 Å². The molecule has 0 aliphatic carbocycles. The molecule has 0 bridgehead atoms. The van der Waals surface area contributed by atoms with Crippen LogP contribution >= 0.6 is 0 Å². The highest BCUT2D eigenvalue weighted by molar-refractivity contribution is 5.97. The summed E-state index contributed by atoms with van der Waals surface area (Å²) in [7, 11) is 0. The maximum atomic E-state index is 12.9. The van der Waals surface area contributed by atoms with Gasteiger partial charge in [-0.05, 0) is 24.6 Å². The highest BCUT2D eigenvalue weighted by Gasteiger charge is 2.20. The maximum absolute atomic E-state index is 12.9. The number of aliphatic carboxylic acids is 1. The number of carboxylic acid groups (broad SMARTS) is 1. The summed E-state index contributed by atoms with van der Waals surface area (Å²) in [4.78, 5) is 22.2. The van der Waals surface area contributed by atoms with Crippen LogP contribution in [-0.4, -0.2) is 34.7 Å². The fourth-order valence-electron chi connectivity index (χ4n) is 1.26. The number of rotatable bonds is 4. The van der Waals surface area contributed by atoms with E-state index in [0.717, 1.165) is 6.07 Å². The first-order valence-electron chi connectivity index (χ1n) is 4.86. The van der Waals surface area contributed by atoms with Crippen LogP contribution in [0, 0.1) is 12.7 Å². The van der Waals surface area contributed by atoms with Crippen LogP contribution in [0.2, 0.25) is 0 Å². The third-order valence-corrected chi connectivity index (χ3v) is 2.23. The summed E-state index contributed by atoms with van der Waals surface area (Å²) in [6.07, 6.45) is 0. The van der Waals surface area contributed by atoms with Gasteiger partial charge in [0.05, 0.1) is 6.61 Å². The molecule has 5 nitrogen and oxygen atoms in total. The lowest BCUT2D eigenvalue weighted by molar-refractivity contribution is -0.140. The van der Waals surface area contributed by atoms with Crippen molar-refractivity contribution in [1.29, 1.82) is 0 Å². The smallest absolute Gasteiger partial charge is 0.328 e. The van der Waals surface area contributed by atoms with Gasteiger partial charge in [-0.2, -0.15) is 0 Å². The highest BCUT2D eigenvalue weighted by atomic mass is 19.1. The average molecular weight is 241 g/mol. The van der Waals surface area contributed by atoms with E-state index in [1.54, 1.807) is 6.92 Å². The van der Waals surface area contributed by atoms with E-state index in [2.05, 4.69) is 5.32 Å². The summed E-state index contributed by atoms with van der Waals surface area (Å²) in [5, 5.41) is 19.5. The number of aliphatic hydroxyl groups excluding tert-OH is 1. The Hall–Kier alpha value is -1.95. The molecule has 0 aliphatic heterocycles. The summed E-state index contributed by atoms with van der Waals surface area (Å²) in [6.45, 7) is 0.874. The molecule has 1 amide bonds. The summed E-state index contributed by atoms with van der Waals surface area (Å²) in [5.74, 6) is -2.67. The first-order chi connectivity index (χ1) is 7.95. The van der Waals surface area contributed by atoms with Crippen molar-refractivity contribution in [1.82, 2.24) is 5.32 Å². The Morgan fingerprint density at radius 2 is 2.12 bits per heavy atom. The van der Waals surface area contributed by atoms with Crippen LogP contribution in [0.4, 0.5) is 4.39 Å². The summed E-state index contributed by atoms with van der Waals surface area (Å²) in [6, 6.07) is 2.23. The van der Waals surface area contributed by atoms with Crippen LogP contribution in [0.15, 0.2) is 18.2 Å². The van der Waals surface area contributed by atoms with Crippen molar-refractivity contribution in [3.63, 3.8) is 0 Å². The molecule has 92 valence electrons. The van der Waals surface area contributed by atoms with Crippen LogP contribution in [-0.2, 0) is 4.79 Å². The van der Waals surface area contributed by atoms with E-state index in [0.29, 0.717) is 5.56 Å². The van der Waals surface area contributed by atoms with Crippen LogP contribution in [0.3, 0.4) is 0 Å². The van der Waals surface area contributed by atoms with Gasteiger partial charge in [-0.3, -0.25) is 4.79 Å². The Balaban J connectivity index is 2.89. The van der Waals surface area contributed by atoms with Crippen molar-refractivity contribution in [2.24, 2.45) is 0 Å². The van der Waals surface area contributed by atoms with E-state index in [1.165, 1.54) is 12.1 Å². The molecule has 0 aliphatic rings. The van der Waals surface area contributed by atoms with Crippen LogP contribution in [0.1, 0.15) is 15.9 Å². The summed E-state index contributed by atoms with van der Waals surface area (Å²) in [5.41, 5.74) is 0.565. The zero-order valence-corrected chi connectivity index (χ0v) is 9.11. The molecule has 1 aromatic rings. The zero-order valence-electron chi connectivity index (χ0n) is 9.11. The molecule has 1 atom stereocenters. The number of halogens is 1. The molecule has 0 spiro atoms. The van der Waals surface area contributed by atoms with Gasteiger partial charge < -0.3 is 15.5 Å². The number of carbonyl (C=O) groups excluding carboxylic acids is 1. The molecule has 0 unspecified atom stereocenters. The third kappa shape index (κ3) is 3.25. The van der Waals surface area contributed by atoms with Gasteiger partial charge in [0.2, 0.25) is 0 Å². The molecular weight excluding hydrogens is 229 g/mol. The zero-order chi connectivity index (χ0) is 13.0. The van der Waals surface area contributed by atoms with Gasteiger partial charge >= 0.3 is 5.97 Å². The van der Waals surface area contributed by atoms with Gasteiger partial charge in [0, 0.05) is 5.56 Å². The van der Waals surface area contributed by atoms with Crippen molar-refractivity contribution >= 4 is 11.9 Å². The van der Waals surface area contributed by atoms with E-state index in [-0.39, 0.29) is 5.56 Å². The Bertz CT molecular complexity index is 447. The quantitative estimate of drug-likeness (QED) is 0.708. The van der Waals surface area contributed by atoms with Gasteiger partial charge in [-0.25, -0.2) is 9.18 Å². The minimum Gasteiger partial charge on any atom is -0.480 e. The monoisotopic (exact) mass is 241 g/mol. The first-order valence-corrected chi connectivity index (χ1v) is 4.86. The Morgan fingerprint density at radius 1 is 1.47 bits per heavy atom. The Morgan fingerprint density at radius 3 is 2.65 bits per heavy atom. The van der Waals surface area contributed by atoms with Crippen molar-refractivity contribution < 1.29 is 24.2 Å². The molecule has 0 heterocycles. The Labute approximate surface area is 96.9 Å². The normalized spacial score (nSPS) is 11.9. The van der Waals surface area contributed by atoms with Crippen molar-refractivity contribution in [3.8, 4) is 0 Å². The molecule has 0 saturated heterocycles. The average Bonchev–Trinajstić information content (AvgIpc) is 2.28. The lowest BCUT2D eigenvalue weighted by atomic mass is 10.1. The largest absolute Gasteiger partial charge is 0.480 e. The summed E-state index contributed by atoms with van der Waals surface area (Å²) < 4.78 is 12.9. The molecule has 0 fully saturated rings.